The van der Waals surface area contributed by atoms with E-state index >= 15 is 0 Å². The summed E-state index contributed by atoms with van der Waals surface area (Å²) in [6.07, 6.45) is 0. The van der Waals surface area contributed by atoms with Gasteiger partial charge in [0.25, 0.3) is 5.56 Å². The number of rotatable bonds is 1. The fraction of sp³-hybridized carbons (Fsp3) is 0.143. The zero-order chi connectivity index (χ0) is 14.6. The lowest BCUT2D eigenvalue weighted by Crippen LogP contribution is -2.21. The second-order valence-electron chi connectivity index (χ2n) is 4.71. The van der Waals surface area contributed by atoms with E-state index in [9.17, 15) is 9.59 Å². The second-order valence-corrected chi connectivity index (χ2v) is 5.94. The lowest BCUT2D eigenvalue weighted by atomic mass is 10.0. The number of aromatic nitrogens is 2. The summed E-state index contributed by atoms with van der Waals surface area (Å²) in [4.78, 5) is 30.0. The van der Waals surface area contributed by atoms with Gasteiger partial charge in [0, 0.05) is 10.4 Å². The maximum Gasteiger partial charge on any atom is 0.326 e. The van der Waals surface area contributed by atoms with Crippen LogP contribution in [0, 0.1) is 6.92 Å². The number of hydrogen-bond donors (Lipinski definition) is 2. The van der Waals surface area contributed by atoms with E-state index in [1.165, 1.54) is 11.3 Å². The summed E-state index contributed by atoms with van der Waals surface area (Å²) in [5.74, 6) is 1.35. The van der Waals surface area contributed by atoms with Crippen LogP contribution in [-0.4, -0.2) is 16.8 Å². The van der Waals surface area contributed by atoms with Gasteiger partial charge < -0.3 is 9.47 Å². The molecule has 1 aliphatic heterocycles. The standard InChI is InChI=1S/C14H10N2O4S/c1-6-10(7-2-3-8-9(4-7)20-5-19-8)11-12(17)15-14(18)16-13(11)21-6/h2-4H,5H2,1H3,(H2,15,16,17,18). The van der Waals surface area contributed by atoms with Crippen LogP contribution >= 0.6 is 11.3 Å². The molecule has 0 spiro atoms. The summed E-state index contributed by atoms with van der Waals surface area (Å²) < 4.78 is 10.7. The molecule has 106 valence electrons. The number of aryl methyl sites for hydroxylation is 1. The molecule has 2 N–H and O–H groups in total. The molecule has 1 aliphatic rings. The van der Waals surface area contributed by atoms with Crippen molar-refractivity contribution in [2.75, 3.05) is 6.79 Å². The molecule has 0 saturated heterocycles. The molecule has 6 nitrogen and oxygen atoms in total. The van der Waals surface area contributed by atoms with Gasteiger partial charge in [-0.25, -0.2) is 4.79 Å². The molecule has 3 heterocycles. The monoisotopic (exact) mass is 302 g/mol. The average Bonchev–Trinajstić information content (AvgIpc) is 3.01. The number of thiophene rings is 1. The van der Waals surface area contributed by atoms with Gasteiger partial charge in [0.1, 0.15) is 4.83 Å². The van der Waals surface area contributed by atoms with Gasteiger partial charge in [0.2, 0.25) is 6.79 Å². The predicted octanol–water partition coefficient (Wildman–Crippen LogP) is 1.98. The Morgan fingerprint density at radius 1 is 1.14 bits per heavy atom. The first-order valence-electron chi connectivity index (χ1n) is 6.29. The van der Waals surface area contributed by atoms with Crippen molar-refractivity contribution in [1.82, 2.24) is 9.97 Å². The zero-order valence-electron chi connectivity index (χ0n) is 11.0. The fourth-order valence-electron chi connectivity index (χ4n) is 2.55. The largest absolute Gasteiger partial charge is 0.454 e. The lowest BCUT2D eigenvalue weighted by molar-refractivity contribution is 0.174. The minimum atomic E-state index is -0.494. The normalized spacial score (nSPS) is 13.0. The quantitative estimate of drug-likeness (QED) is 0.720. The van der Waals surface area contributed by atoms with E-state index in [0.29, 0.717) is 21.7 Å². The molecular formula is C14H10N2O4S. The molecule has 0 amide bonds. The number of nitrogens with one attached hydrogen (secondary N) is 2. The number of fused-ring (bicyclic) bond motifs is 2. The summed E-state index contributed by atoms with van der Waals surface area (Å²) >= 11 is 1.39. The zero-order valence-corrected chi connectivity index (χ0v) is 11.8. The number of aromatic amines is 2. The second kappa shape index (κ2) is 4.23. The molecule has 0 unspecified atom stereocenters. The highest BCUT2D eigenvalue weighted by molar-refractivity contribution is 7.19. The third-order valence-corrected chi connectivity index (χ3v) is 4.45. The number of ether oxygens (including phenoxy) is 2. The van der Waals surface area contributed by atoms with Crippen molar-refractivity contribution in [3.05, 3.63) is 43.9 Å². The number of H-pyrrole nitrogens is 2. The lowest BCUT2D eigenvalue weighted by Gasteiger charge is -2.03. The Balaban J connectivity index is 2.05. The first-order chi connectivity index (χ1) is 10.1. The summed E-state index contributed by atoms with van der Waals surface area (Å²) in [5, 5.41) is 0.496. The van der Waals surface area contributed by atoms with Crippen molar-refractivity contribution < 1.29 is 9.47 Å². The van der Waals surface area contributed by atoms with E-state index in [1.807, 2.05) is 25.1 Å². The molecule has 3 aromatic rings. The number of hydrogen-bond acceptors (Lipinski definition) is 5. The van der Waals surface area contributed by atoms with E-state index in [2.05, 4.69) is 9.97 Å². The van der Waals surface area contributed by atoms with Gasteiger partial charge in [-0.15, -0.1) is 11.3 Å². The molecule has 0 bridgehead atoms. The van der Waals surface area contributed by atoms with Crippen LogP contribution < -0.4 is 20.7 Å². The van der Waals surface area contributed by atoms with Gasteiger partial charge in [-0.1, -0.05) is 6.07 Å². The molecule has 0 atom stereocenters. The topological polar surface area (TPSA) is 84.2 Å². The van der Waals surface area contributed by atoms with E-state index in [4.69, 9.17) is 9.47 Å². The van der Waals surface area contributed by atoms with Gasteiger partial charge >= 0.3 is 5.69 Å². The van der Waals surface area contributed by atoms with Crippen molar-refractivity contribution in [2.24, 2.45) is 0 Å². The Labute approximate surface area is 122 Å². The number of benzene rings is 1. The van der Waals surface area contributed by atoms with Gasteiger partial charge in [-0.05, 0) is 24.6 Å². The van der Waals surface area contributed by atoms with Crippen LogP contribution in [0.15, 0.2) is 27.8 Å². The molecule has 0 aliphatic carbocycles. The molecule has 0 fully saturated rings. The van der Waals surface area contributed by atoms with Gasteiger partial charge in [0.05, 0.1) is 5.39 Å². The van der Waals surface area contributed by atoms with Crippen LogP contribution in [-0.2, 0) is 0 Å². The minimum absolute atomic E-state index is 0.204. The van der Waals surface area contributed by atoms with E-state index in [0.717, 1.165) is 16.0 Å². The minimum Gasteiger partial charge on any atom is -0.454 e. The summed E-state index contributed by atoms with van der Waals surface area (Å²) in [6.45, 7) is 2.12. The predicted molar refractivity (Wildman–Crippen MR) is 79.4 cm³/mol. The summed E-state index contributed by atoms with van der Waals surface area (Å²) in [7, 11) is 0. The Bertz CT molecular complexity index is 983. The van der Waals surface area contributed by atoms with Crippen LogP contribution in [0.4, 0.5) is 0 Å². The Kier molecular flexibility index (Phi) is 2.46. The summed E-state index contributed by atoms with van der Waals surface area (Å²) in [5.41, 5.74) is 0.795. The average molecular weight is 302 g/mol. The molecule has 0 radical (unpaired) electrons. The maximum absolute atomic E-state index is 12.1. The first-order valence-corrected chi connectivity index (χ1v) is 7.11. The Morgan fingerprint density at radius 3 is 2.81 bits per heavy atom. The van der Waals surface area contributed by atoms with Crippen LogP contribution in [0.2, 0.25) is 0 Å². The third-order valence-electron chi connectivity index (χ3n) is 3.43. The molecule has 21 heavy (non-hydrogen) atoms. The van der Waals surface area contributed by atoms with Gasteiger partial charge in [-0.3, -0.25) is 14.8 Å². The SMILES string of the molecule is Cc1sc2[nH]c(=O)[nH]c(=O)c2c1-c1ccc2c(c1)OCO2. The Hall–Kier alpha value is -2.54. The van der Waals surface area contributed by atoms with Crippen molar-refractivity contribution >= 4 is 21.6 Å². The van der Waals surface area contributed by atoms with Crippen molar-refractivity contribution in [3.8, 4) is 22.6 Å². The molecule has 1 aromatic carbocycles. The molecular weight excluding hydrogens is 292 g/mol. The maximum atomic E-state index is 12.1. The Morgan fingerprint density at radius 2 is 1.95 bits per heavy atom. The highest BCUT2D eigenvalue weighted by Crippen LogP contribution is 2.40. The third kappa shape index (κ3) is 1.78. The van der Waals surface area contributed by atoms with Crippen LogP contribution in [0.1, 0.15) is 4.88 Å². The summed E-state index contributed by atoms with van der Waals surface area (Å²) in [6, 6.07) is 5.55. The van der Waals surface area contributed by atoms with Gasteiger partial charge in [-0.2, -0.15) is 0 Å². The van der Waals surface area contributed by atoms with Crippen LogP contribution in [0.5, 0.6) is 11.5 Å². The van der Waals surface area contributed by atoms with Crippen LogP contribution in [0.25, 0.3) is 21.3 Å². The highest BCUT2D eigenvalue weighted by Gasteiger charge is 2.19. The van der Waals surface area contributed by atoms with Gasteiger partial charge in [0.15, 0.2) is 11.5 Å². The van der Waals surface area contributed by atoms with Crippen molar-refractivity contribution in [2.45, 2.75) is 6.92 Å². The van der Waals surface area contributed by atoms with E-state index in [1.54, 1.807) is 0 Å². The first kappa shape index (κ1) is 12.2. The molecule has 0 saturated carbocycles. The van der Waals surface area contributed by atoms with Crippen LogP contribution in [0.3, 0.4) is 0 Å². The van der Waals surface area contributed by atoms with E-state index in [-0.39, 0.29) is 12.4 Å². The van der Waals surface area contributed by atoms with Crippen molar-refractivity contribution in [3.63, 3.8) is 0 Å². The molecule has 2 aromatic heterocycles. The van der Waals surface area contributed by atoms with Crippen molar-refractivity contribution in [1.29, 1.82) is 0 Å². The molecule has 7 heteroatoms. The highest BCUT2D eigenvalue weighted by atomic mass is 32.1. The fourth-order valence-corrected chi connectivity index (χ4v) is 3.62. The van der Waals surface area contributed by atoms with E-state index < -0.39 is 5.69 Å². The smallest absolute Gasteiger partial charge is 0.326 e. The molecule has 4 rings (SSSR count).